The van der Waals surface area contributed by atoms with E-state index in [1.165, 1.54) is 17.5 Å². The Labute approximate surface area is 127 Å². The largest absolute Gasteiger partial charge is 0.370 e. The first kappa shape index (κ1) is 15.3. The number of anilines is 2. The molecule has 0 aliphatic carbocycles. The molecule has 1 heterocycles. The highest BCUT2D eigenvalue weighted by atomic mass is 15.1. The molecule has 4 heteroatoms. The molecule has 1 aromatic carbocycles. The fourth-order valence-corrected chi connectivity index (χ4v) is 2.13. The highest BCUT2D eigenvalue weighted by Crippen LogP contribution is 2.11. The second kappa shape index (κ2) is 7.62. The van der Waals surface area contributed by atoms with Gasteiger partial charge in [-0.1, -0.05) is 43.2 Å². The second-order valence-corrected chi connectivity index (χ2v) is 5.34. The van der Waals surface area contributed by atoms with E-state index in [2.05, 4.69) is 58.7 Å². The minimum absolute atomic E-state index is 0.676. The molecule has 0 aliphatic heterocycles. The number of benzene rings is 1. The van der Waals surface area contributed by atoms with Gasteiger partial charge in [-0.2, -0.15) is 4.98 Å². The predicted octanol–water partition coefficient (Wildman–Crippen LogP) is 3.92. The van der Waals surface area contributed by atoms with Crippen LogP contribution in [-0.4, -0.2) is 16.5 Å². The number of nitrogens with one attached hydrogen (secondary N) is 2. The Kier molecular flexibility index (Phi) is 5.55. The van der Waals surface area contributed by atoms with E-state index < -0.39 is 0 Å². The fraction of sp³-hybridized carbons (Fsp3) is 0.412. The van der Waals surface area contributed by atoms with Crippen LogP contribution in [0.25, 0.3) is 0 Å². The summed E-state index contributed by atoms with van der Waals surface area (Å²) in [7, 11) is 0. The molecule has 0 fully saturated rings. The summed E-state index contributed by atoms with van der Waals surface area (Å²) in [6.07, 6.45) is 2.32. The Bertz CT molecular complexity index is 581. The van der Waals surface area contributed by atoms with Gasteiger partial charge in [0.15, 0.2) is 0 Å². The predicted molar refractivity (Wildman–Crippen MR) is 88.7 cm³/mol. The number of hydrogen-bond donors (Lipinski definition) is 2. The topological polar surface area (TPSA) is 49.8 Å². The van der Waals surface area contributed by atoms with Crippen LogP contribution in [0.2, 0.25) is 0 Å². The van der Waals surface area contributed by atoms with Gasteiger partial charge < -0.3 is 10.6 Å². The molecule has 2 aromatic rings. The number of unbranched alkanes of at least 4 members (excludes halogenated alkanes) is 1. The van der Waals surface area contributed by atoms with Gasteiger partial charge in [0.25, 0.3) is 0 Å². The van der Waals surface area contributed by atoms with Crippen LogP contribution in [0.3, 0.4) is 0 Å². The van der Waals surface area contributed by atoms with Crippen LogP contribution in [0.5, 0.6) is 0 Å². The van der Waals surface area contributed by atoms with Crippen molar-refractivity contribution < 1.29 is 0 Å². The molecule has 0 radical (unpaired) electrons. The highest BCUT2D eigenvalue weighted by Gasteiger charge is 2.02. The van der Waals surface area contributed by atoms with Gasteiger partial charge >= 0.3 is 0 Å². The maximum Gasteiger partial charge on any atom is 0.225 e. The molecule has 0 amide bonds. The first-order valence-corrected chi connectivity index (χ1v) is 7.56. The summed E-state index contributed by atoms with van der Waals surface area (Å²) in [5.74, 6) is 1.57. The molecule has 2 rings (SSSR count). The number of rotatable bonds is 7. The Morgan fingerprint density at radius 1 is 1.05 bits per heavy atom. The van der Waals surface area contributed by atoms with Crippen molar-refractivity contribution in [2.24, 2.45) is 0 Å². The van der Waals surface area contributed by atoms with E-state index in [4.69, 9.17) is 0 Å². The van der Waals surface area contributed by atoms with Crippen LogP contribution in [0, 0.1) is 13.8 Å². The third kappa shape index (κ3) is 5.06. The van der Waals surface area contributed by atoms with E-state index in [0.29, 0.717) is 5.95 Å². The van der Waals surface area contributed by atoms with E-state index >= 15 is 0 Å². The van der Waals surface area contributed by atoms with Crippen molar-refractivity contribution in [1.82, 2.24) is 9.97 Å². The quantitative estimate of drug-likeness (QED) is 0.757. The third-order valence-corrected chi connectivity index (χ3v) is 3.22. The second-order valence-electron chi connectivity index (χ2n) is 5.34. The Balaban J connectivity index is 1.99. The number of nitrogens with zero attached hydrogens (tertiary/aromatic N) is 2. The van der Waals surface area contributed by atoms with Gasteiger partial charge in [0.2, 0.25) is 5.95 Å². The number of aromatic nitrogens is 2. The summed E-state index contributed by atoms with van der Waals surface area (Å²) in [5, 5.41) is 6.64. The summed E-state index contributed by atoms with van der Waals surface area (Å²) in [4.78, 5) is 8.95. The lowest BCUT2D eigenvalue weighted by atomic mass is 10.1. The number of hydrogen-bond acceptors (Lipinski definition) is 4. The zero-order chi connectivity index (χ0) is 15.1. The fourth-order valence-electron chi connectivity index (χ4n) is 2.13. The minimum Gasteiger partial charge on any atom is -0.370 e. The molecule has 0 unspecified atom stereocenters. The lowest BCUT2D eigenvalue weighted by Crippen LogP contribution is -2.08. The van der Waals surface area contributed by atoms with Gasteiger partial charge in [0.05, 0.1) is 0 Å². The van der Waals surface area contributed by atoms with Crippen LogP contribution < -0.4 is 10.6 Å². The van der Waals surface area contributed by atoms with Gasteiger partial charge in [-0.05, 0) is 25.8 Å². The minimum atomic E-state index is 0.676. The molecule has 0 bridgehead atoms. The monoisotopic (exact) mass is 284 g/mol. The maximum atomic E-state index is 4.51. The molecule has 0 saturated heterocycles. The molecule has 112 valence electrons. The standard InChI is InChI=1S/C17H24N4/c1-4-5-9-18-16-11-14(3)20-17(21-16)19-12-15-8-6-7-13(2)10-15/h6-8,10-11H,4-5,9,12H2,1-3H3,(H2,18,19,20,21). The van der Waals surface area contributed by atoms with Crippen LogP contribution in [0.1, 0.15) is 36.6 Å². The summed E-state index contributed by atoms with van der Waals surface area (Å²) in [5.41, 5.74) is 3.47. The lowest BCUT2D eigenvalue weighted by molar-refractivity contribution is 0.829. The van der Waals surface area contributed by atoms with Gasteiger partial charge in [-0.15, -0.1) is 0 Å². The van der Waals surface area contributed by atoms with Crippen molar-refractivity contribution in [1.29, 1.82) is 0 Å². The zero-order valence-corrected chi connectivity index (χ0v) is 13.1. The lowest BCUT2D eigenvalue weighted by Gasteiger charge is -2.10. The normalized spacial score (nSPS) is 10.4. The summed E-state index contributed by atoms with van der Waals surface area (Å²) in [6, 6.07) is 10.4. The van der Waals surface area contributed by atoms with E-state index in [-0.39, 0.29) is 0 Å². The summed E-state index contributed by atoms with van der Waals surface area (Å²) < 4.78 is 0. The molecule has 2 N–H and O–H groups in total. The van der Waals surface area contributed by atoms with Crippen molar-refractivity contribution >= 4 is 11.8 Å². The van der Waals surface area contributed by atoms with Crippen LogP contribution in [-0.2, 0) is 6.54 Å². The smallest absolute Gasteiger partial charge is 0.225 e. The molecular weight excluding hydrogens is 260 g/mol. The van der Waals surface area contributed by atoms with E-state index in [1.807, 2.05) is 13.0 Å². The van der Waals surface area contributed by atoms with Gasteiger partial charge in [-0.3, -0.25) is 0 Å². The molecule has 1 aromatic heterocycles. The van der Waals surface area contributed by atoms with Gasteiger partial charge in [-0.25, -0.2) is 4.98 Å². The maximum absolute atomic E-state index is 4.51. The van der Waals surface area contributed by atoms with Crippen molar-refractivity contribution in [3.8, 4) is 0 Å². The molecule has 0 aliphatic rings. The molecule has 0 atom stereocenters. The van der Waals surface area contributed by atoms with Crippen molar-refractivity contribution in [2.75, 3.05) is 17.2 Å². The van der Waals surface area contributed by atoms with E-state index in [9.17, 15) is 0 Å². The third-order valence-electron chi connectivity index (χ3n) is 3.22. The molecule has 0 saturated carbocycles. The SMILES string of the molecule is CCCCNc1cc(C)nc(NCc2cccc(C)c2)n1. The first-order chi connectivity index (χ1) is 10.2. The van der Waals surface area contributed by atoms with E-state index in [0.717, 1.165) is 31.0 Å². The average Bonchev–Trinajstić information content (AvgIpc) is 2.45. The van der Waals surface area contributed by atoms with Crippen LogP contribution >= 0.6 is 0 Å². The van der Waals surface area contributed by atoms with Crippen molar-refractivity contribution in [3.63, 3.8) is 0 Å². The summed E-state index contributed by atoms with van der Waals surface area (Å²) in [6.45, 7) is 7.96. The van der Waals surface area contributed by atoms with Crippen molar-refractivity contribution in [2.45, 2.75) is 40.2 Å². The van der Waals surface area contributed by atoms with E-state index in [1.54, 1.807) is 0 Å². The highest BCUT2D eigenvalue weighted by molar-refractivity contribution is 5.42. The first-order valence-electron chi connectivity index (χ1n) is 7.56. The Hall–Kier alpha value is -2.10. The summed E-state index contributed by atoms with van der Waals surface area (Å²) >= 11 is 0. The Morgan fingerprint density at radius 2 is 1.90 bits per heavy atom. The molecular formula is C17H24N4. The molecule has 4 nitrogen and oxygen atoms in total. The van der Waals surface area contributed by atoms with Crippen LogP contribution in [0.15, 0.2) is 30.3 Å². The van der Waals surface area contributed by atoms with Crippen molar-refractivity contribution in [3.05, 3.63) is 47.2 Å². The zero-order valence-electron chi connectivity index (χ0n) is 13.1. The average molecular weight is 284 g/mol. The van der Waals surface area contributed by atoms with Crippen LogP contribution in [0.4, 0.5) is 11.8 Å². The number of aryl methyl sites for hydroxylation is 2. The van der Waals surface area contributed by atoms with Gasteiger partial charge in [0, 0.05) is 24.8 Å². The molecule has 21 heavy (non-hydrogen) atoms. The molecule has 0 spiro atoms. The van der Waals surface area contributed by atoms with Gasteiger partial charge in [0.1, 0.15) is 5.82 Å². The Morgan fingerprint density at radius 3 is 2.67 bits per heavy atom.